The van der Waals surface area contributed by atoms with E-state index in [4.69, 9.17) is 5.14 Å². The Balaban J connectivity index is 2.45. The molecule has 0 aliphatic carbocycles. The number of hydrogen-bond acceptors (Lipinski definition) is 6. The Labute approximate surface area is 141 Å². The molecular formula is C11H14BrN3O6S2. The van der Waals surface area contributed by atoms with Gasteiger partial charge in [0.2, 0.25) is 20.0 Å². The van der Waals surface area contributed by atoms with Crippen molar-refractivity contribution in [1.29, 1.82) is 0 Å². The summed E-state index contributed by atoms with van der Waals surface area (Å²) in [6.07, 6.45) is 0.567. The van der Waals surface area contributed by atoms with Crippen LogP contribution in [-0.4, -0.2) is 44.4 Å². The van der Waals surface area contributed by atoms with Crippen LogP contribution in [-0.2, 0) is 20.0 Å². The third kappa shape index (κ3) is 3.88. The molecule has 0 amide bonds. The zero-order chi connectivity index (χ0) is 17.4. The normalized spacial score (nSPS) is 20.3. The number of halogens is 1. The molecule has 0 spiro atoms. The second kappa shape index (κ2) is 6.43. The summed E-state index contributed by atoms with van der Waals surface area (Å²) >= 11 is 3.05. The van der Waals surface area contributed by atoms with E-state index < -0.39 is 40.8 Å². The van der Waals surface area contributed by atoms with Gasteiger partial charge in [0, 0.05) is 23.6 Å². The molecule has 0 radical (unpaired) electrons. The Morgan fingerprint density at radius 1 is 1.30 bits per heavy atom. The van der Waals surface area contributed by atoms with E-state index >= 15 is 0 Å². The number of nitro groups is 1. The van der Waals surface area contributed by atoms with Gasteiger partial charge in [0.1, 0.15) is 0 Å². The van der Waals surface area contributed by atoms with Crippen LogP contribution >= 0.6 is 15.9 Å². The molecule has 1 heterocycles. The lowest BCUT2D eigenvalue weighted by atomic mass is 10.2. The fraction of sp³-hybridized carbons (Fsp3) is 0.455. The third-order valence-electron chi connectivity index (χ3n) is 3.54. The van der Waals surface area contributed by atoms with Crippen molar-refractivity contribution in [1.82, 2.24) is 4.31 Å². The highest BCUT2D eigenvalue weighted by molar-refractivity contribution is 9.10. The summed E-state index contributed by atoms with van der Waals surface area (Å²) < 4.78 is 49.5. The maximum atomic E-state index is 12.7. The van der Waals surface area contributed by atoms with Gasteiger partial charge in [-0.15, -0.1) is 0 Å². The van der Waals surface area contributed by atoms with E-state index in [1.807, 2.05) is 0 Å². The van der Waals surface area contributed by atoms with Gasteiger partial charge in [0.05, 0.1) is 10.2 Å². The smallest absolute Gasteiger partial charge is 0.258 e. The van der Waals surface area contributed by atoms with Crippen molar-refractivity contribution >= 4 is 41.7 Å². The van der Waals surface area contributed by atoms with Gasteiger partial charge in [0.25, 0.3) is 5.69 Å². The predicted molar refractivity (Wildman–Crippen MR) is 85.7 cm³/mol. The number of nitrogens with two attached hydrogens (primary N) is 1. The van der Waals surface area contributed by atoms with Crippen LogP contribution in [0.2, 0.25) is 0 Å². The fourth-order valence-electron chi connectivity index (χ4n) is 2.38. The first-order valence-corrected chi connectivity index (χ1v) is 10.3. The van der Waals surface area contributed by atoms with Crippen molar-refractivity contribution in [2.45, 2.75) is 23.0 Å². The van der Waals surface area contributed by atoms with Gasteiger partial charge in [-0.25, -0.2) is 22.0 Å². The van der Waals surface area contributed by atoms with E-state index in [9.17, 15) is 26.9 Å². The zero-order valence-electron chi connectivity index (χ0n) is 11.8. The first-order chi connectivity index (χ1) is 10.5. The largest absolute Gasteiger partial charge is 0.290 e. The van der Waals surface area contributed by atoms with Crippen LogP contribution in [0.4, 0.5) is 5.69 Å². The van der Waals surface area contributed by atoms with Crippen molar-refractivity contribution in [3.63, 3.8) is 0 Å². The predicted octanol–water partition coefficient (Wildman–Crippen LogP) is 0.799. The van der Waals surface area contributed by atoms with Crippen LogP contribution < -0.4 is 5.14 Å². The van der Waals surface area contributed by atoms with Gasteiger partial charge in [0.15, 0.2) is 4.90 Å². The highest BCUT2D eigenvalue weighted by Gasteiger charge is 2.37. The summed E-state index contributed by atoms with van der Waals surface area (Å²) in [6.45, 7) is -0.226. The molecule has 1 saturated heterocycles. The average molecular weight is 428 g/mol. The summed E-state index contributed by atoms with van der Waals surface area (Å²) in [7, 11) is -8.08. The van der Waals surface area contributed by atoms with E-state index in [0.717, 1.165) is 16.4 Å². The lowest BCUT2D eigenvalue weighted by Crippen LogP contribution is -2.47. The van der Waals surface area contributed by atoms with E-state index in [-0.39, 0.29) is 19.5 Å². The molecule has 9 nitrogen and oxygen atoms in total. The second-order valence-electron chi connectivity index (χ2n) is 5.09. The van der Waals surface area contributed by atoms with Crippen molar-refractivity contribution in [3.8, 4) is 0 Å². The zero-order valence-corrected chi connectivity index (χ0v) is 15.0. The molecule has 1 fully saturated rings. The number of nitrogens with zero attached hydrogens (tertiary/aromatic N) is 2. The highest BCUT2D eigenvalue weighted by atomic mass is 79.9. The summed E-state index contributed by atoms with van der Waals surface area (Å²) in [5, 5.41) is 15.2. The number of rotatable bonds is 4. The van der Waals surface area contributed by atoms with Crippen molar-refractivity contribution in [2.24, 2.45) is 5.14 Å². The van der Waals surface area contributed by atoms with E-state index in [0.29, 0.717) is 10.9 Å². The van der Waals surface area contributed by atoms with Crippen LogP contribution in [0.15, 0.2) is 27.6 Å². The van der Waals surface area contributed by atoms with E-state index in [1.165, 1.54) is 6.07 Å². The number of primary sulfonamides is 1. The fourth-order valence-corrected chi connectivity index (χ4v) is 5.37. The first-order valence-electron chi connectivity index (χ1n) is 6.49. The maximum Gasteiger partial charge on any atom is 0.290 e. The monoisotopic (exact) mass is 427 g/mol. The number of sulfonamides is 2. The molecule has 2 rings (SSSR count). The Hall–Kier alpha value is -1.08. The number of nitro benzene ring substituents is 1. The lowest BCUT2D eigenvalue weighted by Gasteiger charge is -2.30. The minimum absolute atomic E-state index is 0.0849. The summed E-state index contributed by atoms with van der Waals surface area (Å²) in [6, 6.07) is 3.59. The van der Waals surface area contributed by atoms with Gasteiger partial charge < -0.3 is 0 Å². The molecule has 1 aromatic rings. The Kier molecular flexibility index (Phi) is 5.11. The molecule has 128 valence electrons. The van der Waals surface area contributed by atoms with Crippen molar-refractivity contribution in [3.05, 3.63) is 32.8 Å². The van der Waals surface area contributed by atoms with Crippen molar-refractivity contribution in [2.75, 3.05) is 13.1 Å². The van der Waals surface area contributed by atoms with Gasteiger partial charge in [-0.1, -0.05) is 15.9 Å². The molecular weight excluding hydrogens is 414 g/mol. The minimum Gasteiger partial charge on any atom is -0.258 e. The Morgan fingerprint density at radius 2 is 1.96 bits per heavy atom. The summed E-state index contributed by atoms with van der Waals surface area (Å²) in [5.74, 6) is 0. The van der Waals surface area contributed by atoms with Gasteiger partial charge in [-0.05, 0) is 25.0 Å². The van der Waals surface area contributed by atoms with E-state index in [2.05, 4.69) is 15.9 Å². The van der Waals surface area contributed by atoms with Gasteiger partial charge in [-0.2, -0.15) is 4.31 Å². The highest BCUT2D eigenvalue weighted by Crippen LogP contribution is 2.31. The molecule has 1 atom stereocenters. The molecule has 23 heavy (non-hydrogen) atoms. The topological polar surface area (TPSA) is 141 Å². The second-order valence-corrected chi connectivity index (χ2v) is 9.75. The van der Waals surface area contributed by atoms with Crippen LogP contribution in [0.3, 0.4) is 0 Å². The molecule has 1 aliphatic rings. The summed E-state index contributed by atoms with van der Waals surface area (Å²) in [4.78, 5) is 9.85. The molecule has 12 heteroatoms. The Bertz CT molecular complexity index is 839. The Morgan fingerprint density at radius 3 is 2.52 bits per heavy atom. The molecule has 2 N–H and O–H groups in total. The SMILES string of the molecule is NS(=O)(=O)[C@H]1CCCN(S(=O)(=O)c2ccc(Br)cc2[N+](=O)[O-])C1. The molecule has 1 aliphatic heterocycles. The van der Waals surface area contributed by atoms with Gasteiger partial charge in [-0.3, -0.25) is 10.1 Å². The quantitative estimate of drug-likeness (QED) is 0.556. The van der Waals surface area contributed by atoms with Crippen LogP contribution in [0.1, 0.15) is 12.8 Å². The molecule has 0 bridgehead atoms. The molecule has 0 saturated carbocycles. The number of piperidine rings is 1. The third-order valence-corrected chi connectivity index (χ3v) is 7.26. The maximum absolute atomic E-state index is 12.7. The van der Waals surface area contributed by atoms with Crippen molar-refractivity contribution < 1.29 is 21.8 Å². The van der Waals surface area contributed by atoms with Crippen LogP contribution in [0.25, 0.3) is 0 Å². The lowest BCUT2D eigenvalue weighted by molar-refractivity contribution is -0.387. The molecule has 0 aromatic heterocycles. The number of hydrogen-bond donors (Lipinski definition) is 1. The van der Waals surface area contributed by atoms with Crippen LogP contribution in [0, 0.1) is 10.1 Å². The van der Waals surface area contributed by atoms with E-state index in [1.54, 1.807) is 0 Å². The van der Waals surface area contributed by atoms with Crippen LogP contribution in [0.5, 0.6) is 0 Å². The standard InChI is InChI=1S/C11H14BrN3O6S2/c12-8-3-4-11(10(6-8)15(16)17)23(20,21)14-5-1-2-9(7-14)22(13,18)19/h3-4,6,9H,1-2,5,7H2,(H2,13,18,19)/t9-/m0/s1. The molecule has 0 unspecified atom stereocenters. The average Bonchev–Trinajstić information content (AvgIpc) is 2.46. The first kappa shape index (κ1) is 18.3. The minimum atomic E-state index is -4.20. The number of benzene rings is 1. The molecule has 1 aromatic carbocycles. The van der Waals surface area contributed by atoms with Gasteiger partial charge >= 0.3 is 0 Å². The summed E-state index contributed by atoms with van der Waals surface area (Å²) in [5.41, 5.74) is -0.572.